The first-order valence-electron chi connectivity index (χ1n) is 8.75. The van der Waals surface area contributed by atoms with Gasteiger partial charge in [-0.25, -0.2) is 0 Å². The van der Waals surface area contributed by atoms with E-state index < -0.39 is 0 Å². The Bertz CT molecular complexity index is 945. The lowest BCUT2D eigenvalue weighted by molar-refractivity contribution is -0.123. The molecule has 4 rings (SSSR count). The first-order chi connectivity index (χ1) is 13.2. The lowest BCUT2D eigenvalue weighted by Gasteiger charge is -2.27. The van der Waals surface area contributed by atoms with Crippen molar-refractivity contribution in [1.29, 1.82) is 0 Å². The molecule has 1 aliphatic heterocycles. The van der Waals surface area contributed by atoms with Gasteiger partial charge in [-0.05, 0) is 35.0 Å². The van der Waals surface area contributed by atoms with Crippen molar-refractivity contribution in [2.75, 3.05) is 0 Å². The summed E-state index contributed by atoms with van der Waals surface area (Å²) in [5.74, 6) is -0.124. The summed E-state index contributed by atoms with van der Waals surface area (Å²) in [4.78, 5) is 14.9. The van der Waals surface area contributed by atoms with E-state index in [2.05, 4.69) is 5.32 Å². The zero-order chi connectivity index (χ0) is 18.6. The fourth-order valence-electron chi connectivity index (χ4n) is 3.26. The average molecular weight is 370 g/mol. The lowest BCUT2D eigenvalue weighted by Crippen LogP contribution is -2.35. The van der Waals surface area contributed by atoms with Crippen LogP contribution in [-0.2, 0) is 4.79 Å². The molecule has 0 unspecified atom stereocenters. The van der Waals surface area contributed by atoms with E-state index in [1.54, 1.807) is 4.90 Å². The molecule has 3 aromatic rings. The molecule has 0 saturated carbocycles. The van der Waals surface area contributed by atoms with E-state index in [4.69, 9.17) is 12.2 Å². The van der Waals surface area contributed by atoms with Gasteiger partial charge < -0.3 is 5.32 Å². The molecule has 1 aliphatic rings. The number of rotatable bonds is 4. The van der Waals surface area contributed by atoms with Crippen LogP contribution in [0, 0.1) is 0 Å². The number of hydrogen-bond acceptors (Lipinski definition) is 2. The Labute approximate surface area is 164 Å². The van der Waals surface area contributed by atoms with Crippen LogP contribution >= 0.6 is 12.2 Å². The maximum absolute atomic E-state index is 13.2. The number of carbonyl (C=O) groups excluding carboxylic acids is 1. The predicted molar refractivity (Wildman–Crippen MR) is 112 cm³/mol. The molecule has 27 heavy (non-hydrogen) atoms. The minimum atomic E-state index is -0.276. The van der Waals surface area contributed by atoms with Crippen molar-refractivity contribution >= 4 is 29.3 Å². The molecule has 1 fully saturated rings. The van der Waals surface area contributed by atoms with Crippen LogP contribution in [0.1, 0.15) is 22.7 Å². The fourth-order valence-corrected chi connectivity index (χ4v) is 3.56. The van der Waals surface area contributed by atoms with Gasteiger partial charge in [0.05, 0.1) is 6.04 Å². The van der Waals surface area contributed by atoms with Crippen molar-refractivity contribution < 1.29 is 4.79 Å². The molecule has 132 valence electrons. The van der Waals surface area contributed by atoms with Crippen LogP contribution in [0.5, 0.6) is 0 Å². The molecule has 0 spiro atoms. The standard InChI is InChI=1S/C23H18N2OS/c26-22-20(16-17-10-4-1-5-11-17)24-23(27)25(22)21(18-12-6-2-7-13-18)19-14-8-3-9-15-19/h1-16,21H,(H,24,27). The highest BCUT2D eigenvalue weighted by atomic mass is 32.1. The Hall–Kier alpha value is -3.24. The number of benzene rings is 3. The van der Waals surface area contributed by atoms with Crippen molar-refractivity contribution in [2.24, 2.45) is 0 Å². The quantitative estimate of drug-likeness (QED) is 0.541. The summed E-state index contributed by atoms with van der Waals surface area (Å²) in [6.45, 7) is 0. The molecule has 0 aromatic heterocycles. The second-order valence-corrected chi connectivity index (χ2v) is 6.68. The smallest absolute Gasteiger partial charge is 0.277 e. The summed E-state index contributed by atoms with van der Waals surface area (Å²) in [7, 11) is 0. The largest absolute Gasteiger partial charge is 0.328 e. The second-order valence-electron chi connectivity index (χ2n) is 6.30. The van der Waals surface area contributed by atoms with E-state index in [1.807, 2.05) is 97.1 Å². The lowest BCUT2D eigenvalue weighted by atomic mass is 9.97. The van der Waals surface area contributed by atoms with Gasteiger partial charge in [0, 0.05) is 0 Å². The third-order valence-electron chi connectivity index (χ3n) is 4.51. The number of amides is 1. The highest BCUT2D eigenvalue weighted by Crippen LogP contribution is 2.32. The minimum absolute atomic E-state index is 0.124. The molecule has 1 saturated heterocycles. The summed E-state index contributed by atoms with van der Waals surface area (Å²) < 4.78 is 0. The van der Waals surface area contributed by atoms with Crippen molar-refractivity contribution in [3.63, 3.8) is 0 Å². The Balaban J connectivity index is 1.75. The first-order valence-corrected chi connectivity index (χ1v) is 9.16. The van der Waals surface area contributed by atoms with E-state index in [0.29, 0.717) is 10.8 Å². The highest BCUT2D eigenvalue weighted by Gasteiger charge is 2.37. The predicted octanol–water partition coefficient (Wildman–Crippen LogP) is 4.53. The highest BCUT2D eigenvalue weighted by molar-refractivity contribution is 7.80. The molecule has 1 N–H and O–H groups in total. The molecule has 3 nitrogen and oxygen atoms in total. The maximum Gasteiger partial charge on any atom is 0.277 e. The molecule has 0 radical (unpaired) electrons. The zero-order valence-corrected chi connectivity index (χ0v) is 15.4. The number of nitrogens with zero attached hydrogens (tertiary/aromatic N) is 1. The maximum atomic E-state index is 13.2. The van der Waals surface area contributed by atoms with Crippen LogP contribution in [0.3, 0.4) is 0 Å². The van der Waals surface area contributed by atoms with Gasteiger partial charge in [-0.2, -0.15) is 0 Å². The summed E-state index contributed by atoms with van der Waals surface area (Å²) in [6.07, 6.45) is 1.84. The molecule has 1 heterocycles. The monoisotopic (exact) mass is 370 g/mol. The zero-order valence-electron chi connectivity index (χ0n) is 14.6. The van der Waals surface area contributed by atoms with Crippen LogP contribution < -0.4 is 5.32 Å². The molecule has 4 heteroatoms. The molecule has 0 bridgehead atoms. The van der Waals surface area contributed by atoms with Gasteiger partial charge in [-0.1, -0.05) is 91.0 Å². The summed E-state index contributed by atoms with van der Waals surface area (Å²) in [5, 5.41) is 3.51. The van der Waals surface area contributed by atoms with Crippen molar-refractivity contribution in [2.45, 2.75) is 6.04 Å². The van der Waals surface area contributed by atoms with Gasteiger partial charge in [-0.3, -0.25) is 9.69 Å². The van der Waals surface area contributed by atoms with Gasteiger partial charge in [-0.15, -0.1) is 0 Å². The van der Waals surface area contributed by atoms with Gasteiger partial charge in [0.1, 0.15) is 5.70 Å². The topological polar surface area (TPSA) is 32.3 Å². The Morgan fingerprint density at radius 1 is 0.778 bits per heavy atom. The van der Waals surface area contributed by atoms with Gasteiger partial charge in [0.15, 0.2) is 5.11 Å². The van der Waals surface area contributed by atoms with E-state index in [-0.39, 0.29) is 11.9 Å². The molecule has 3 aromatic carbocycles. The third kappa shape index (κ3) is 3.52. The van der Waals surface area contributed by atoms with Gasteiger partial charge in [0.25, 0.3) is 5.91 Å². The molecule has 1 amide bonds. The van der Waals surface area contributed by atoms with E-state index >= 15 is 0 Å². The van der Waals surface area contributed by atoms with Crippen LogP contribution in [0.2, 0.25) is 0 Å². The van der Waals surface area contributed by atoms with E-state index in [0.717, 1.165) is 16.7 Å². The fraction of sp³-hybridized carbons (Fsp3) is 0.0435. The Morgan fingerprint density at radius 3 is 1.78 bits per heavy atom. The van der Waals surface area contributed by atoms with Gasteiger partial charge in [0.2, 0.25) is 0 Å². The third-order valence-corrected chi connectivity index (χ3v) is 4.81. The van der Waals surface area contributed by atoms with Crippen molar-refractivity contribution in [3.05, 3.63) is 113 Å². The summed E-state index contributed by atoms with van der Waals surface area (Å²) >= 11 is 5.54. The normalized spacial score (nSPS) is 15.4. The number of nitrogens with one attached hydrogen (secondary N) is 1. The SMILES string of the molecule is O=C1C(=Cc2ccccc2)NC(=S)N1C(c1ccccc1)c1ccccc1. The molecular formula is C23H18N2OS. The van der Waals surface area contributed by atoms with E-state index in [9.17, 15) is 4.79 Å². The molecule has 0 atom stereocenters. The van der Waals surface area contributed by atoms with Crippen LogP contribution in [0.25, 0.3) is 6.08 Å². The number of carbonyl (C=O) groups is 1. The summed E-state index contributed by atoms with van der Waals surface area (Å²) in [5.41, 5.74) is 3.47. The number of hydrogen-bond donors (Lipinski definition) is 1. The van der Waals surface area contributed by atoms with Crippen molar-refractivity contribution in [1.82, 2.24) is 10.2 Å². The minimum Gasteiger partial charge on any atom is -0.328 e. The molecule has 0 aliphatic carbocycles. The van der Waals surface area contributed by atoms with Crippen molar-refractivity contribution in [3.8, 4) is 0 Å². The Kier molecular flexibility index (Phi) is 4.81. The van der Waals surface area contributed by atoms with E-state index in [1.165, 1.54) is 0 Å². The van der Waals surface area contributed by atoms with Crippen LogP contribution in [0.4, 0.5) is 0 Å². The summed E-state index contributed by atoms with van der Waals surface area (Å²) in [6, 6.07) is 29.4. The second kappa shape index (κ2) is 7.56. The number of thiocarbonyl (C=S) groups is 1. The first kappa shape index (κ1) is 17.2. The van der Waals surface area contributed by atoms with Crippen LogP contribution in [-0.4, -0.2) is 15.9 Å². The Morgan fingerprint density at radius 2 is 1.26 bits per heavy atom. The van der Waals surface area contributed by atoms with Gasteiger partial charge >= 0.3 is 0 Å². The average Bonchev–Trinajstić information content (AvgIpc) is 2.98. The van der Waals surface area contributed by atoms with Crippen LogP contribution in [0.15, 0.2) is 96.7 Å². The molecular weight excluding hydrogens is 352 g/mol.